The predicted molar refractivity (Wildman–Crippen MR) is 60.6 cm³/mol. The summed E-state index contributed by atoms with van der Waals surface area (Å²) >= 11 is 0. The van der Waals surface area contributed by atoms with Crippen molar-refractivity contribution >= 4 is 11.8 Å². The Kier molecular flexibility index (Phi) is 2.57. The van der Waals surface area contributed by atoms with E-state index in [1.165, 1.54) is 7.11 Å². The summed E-state index contributed by atoms with van der Waals surface area (Å²) in [4.78, 5) is 23.8. The highest BCUT2D eigenvalue weighted by Gasteiger charge is 2.58. The molecule has 1 heterocycles. The van der Waals surface area contributed by atoms with Crippen molar-refractivity contribution < 1.29 is 24.2 Å². The van der Waals surface area contributed by atoms with Crippen molar-refractivity contribution in [2.45, 2.75) is 38.1 Å². The molecule has 3 aliphatic rings. The van der Waals surface area contributed by atoms with Crippen LogP contribution in [0.1, 0.15) is 19.8 Å². The van der Waals surface area contributed by atoms with Crippen LogP contribution < -0.4 is 0 Å². The molecule has 5 nitrogen and oxygen atoms in total. The summed E-state index contributed by atoms with van der Waals surface area (Å²) in [5.41, 5.74) is 1.28. The standard InChI is InChI=1S/C13H16O5/c1-5(14)11-10-9(13(16)18-11)6-3-4-7(15)8(6)12(10)17-2/h5-6,8,11-12,14H,3-4H2,1-2H3/t5-,6+,8+,11-,12-/m1/s1. The number of methoxy groups -OCH3 is 1. The molecule has 5 heteroatoms. The van der Waals surface area contributed by atoms with Gasteiger partial charge in [0.25, 0.3) is 0 Å². The molecule has 18 heavy (non-hydrogen) atoms. The highest BCUT2D eigenvalue weighted by Crippen LogP contribution is 2.51. The number of carbonyl (C=O) groups excluding carboxylic acids is 2. The van der Waals surface area contributed by atoms with Crippen LogP contribution in [0, 0.1) is 11.8 Å². The van der Waals surface area contributed by atoms with E-state index in [-0.39, 0.29) is 23.6 Å². The number of carbonyl (C=O) groups is 2. The normalized spacial score (nSPS) is 39.9. The molecule has 3 rings (SSSR count). The first-order valence-corrected chi connectivity index (χ1v) is 6.24. The van der Waals surface area contributed by atoms with Gasteiger partial charge in [0.15, 0.2) is 6.10 Å². The maximum atomic E-state index is 11.9. The monoisotopic (exact) mass is 252 g/mol. The molecular formula is C13H16O5. The van der Waals surface area contributed by atoms with Crippen molar-refractivity contribution in [1.29, 1.82) is 0 Å². The van der Waals surface area contributed by atoms with Crippen molar-refractivity contribution in [2.75, 3.05) is 7.11 Å². The zero-order valence-corrected chi connectivity index (χ0v) is 10.4. The Balaban J connectivity index is 2.06. The first-order valence-electron chi connectivity index (χ1n) is 6.24. The third kappa shape index (κ3) is 1.34. The van der Waals surface area contributed by atoms with E-state index in [4.69, 9.17) is 9.47 Å². The number of rotatable bonds is 2. The lowest BCUT2D eigenvalue weighted by molar-refractivity contribution is -0.145. The van der Waals surface area contributed by atoms with Gasteiger partial charge in [-0.05, 0) is 13.3 Å². The third-order valence-corrected chi connectivity index (χ3v) is 4.27. The quantitative estimate of drug-likeness (QED) is 0.711. The largest absolute Gasteiger partial charge is 0.452 e. The van der Waals surface area contributed by atoms with Gasteiger partial charge in [-0.25, -0.2) is 4.79 Å². The number of hydrogen-bond donors (Lipinski definition) is 1. The molecule has 0 amide bonds. The topological polar surface area (TPSA) is 72.8 Å². The van der Waals surface area contributed by atoms with Gasteiger partial charge in [0.05, 0.1) is 18.1 Å². The van der Waals surface area contributed by atoms with Crippen LogP contribution in [0.4, 0.5) is 0 Å². The molecule has 0 radical (unpaired) electrons. The van der Waals surface area contributed by atoms with Crippen LogP contribution in [0.5, 0.6) is 0 Å². The molecular weight excluding hydrogens is 236 g/mol. The van der Waals surface area contributed by atoms with Gasteiger partial charge < -0.3 is 14.6 Å². The number of aliphatic hydroxyl groups excluding tert-OH is 1. The fourth-order valence-electron chi connectivity index (χ4n) is 3.59. The number of cyclic esters (lactones) is 1. The molecule has 1 aliphatic heterocycles. The number of fused-ring (bicyclic) bond motifs is 2. The summed E-state index contributed by atoms with van der Waals surface area (Å²) in [6, 6.07) is 0. The van der Waals surface area contributed by atoms with Crippen molar-refractivity contribution in [1.82, 2.24) is 0 Å². The average molecular weight is 252 g/mol. The van der Waals surface area contributed by atoms with Crippen molar-refractivity contribution in [3.8, 4) is 0 Å². The van der Waals surface area contributed by atoms with Crippen LogP contribution in [0.15, 0.2) is 11.1 Å². The summed E-state index contributed by atoms with van der Waals surface area (Å²) < 4.78 is 10.6. The van der Waals surface area contributed by atoms with Crippen molar-refractivity contribution in [3.05, 3.63) is 11.1 Å². The second kappa shape index (κ2) is 3.90. The van der Waals surface area contributed by atoms with E-state index in [0.29, 0.717) is 24.0 Å². The number of esters is 1. The van der Waals surface area contributed by atoms with E-state index in [1.54, 1.807) is 6.92 Å². The first-order chi connectivity index (χ1) is 8.56. The Labute approximate surface area is 105 Å². The van der Waals surface area contributed by atoms with Gasteiger partial charge in [0.1, 0.15) is 5.78 Å². The van der Waals surface area contributed by atoms with Crippen LogP contribution in [0.2, 0.25) is 0 Å². The van der Waals surface area contributed by atoms with Gasteiger partial charge in [-0.3, -0.25) is 4.79 Å². The lowest BCUT2D eigenvalue weighted by Crippen LogP contribution is -2.36. The Morgan fingerprint density at radius 1 is 1.44 bits per heavy atom. The maximum absolute atomic E-state index is 11.9. The number of ether oxygens (including phenoxy) is 2. The molecule has 5 atom stereocenters. The molecule has 0 spiro atoms. The van der Waals surface area contributed by atoms with E-state index < -0.39 is 18.3 Å². The molecule has 2 aliphatic carbocycles. The molecule has 98 valence electrons. The van der Waals surface area contributed by atoms with Crippen LogP contribution >= 0.6 is 0 Å². The van der Waals surface area contributed by atoms with Crippen LogP contribution in [0.3, 0.4) is 0 Å². The first kappa shape index (κ1) is 11.9. The minimum atomic E-state index is -0.784. The molecule has 0 aromatic heterocycles. The van der Waals surface area contributed by atoms with E-state index in [0.717, 1.165) is 0 Å². The van der Waals surface area contributed by atoms with Crippen LogP contribution in [0.25, 0.3) is 0 Å². The molecule has 0 saturated heterocycles. The number of Topliss-reactive ketones (excluding diaryl/α,β-unsaturated/α-hetero) is 1. The highest BCUT2D eigenvalue weighted by atomic mass is 16.6. The highest BCUT2D eigenvalue weighted by molar-refractivity contribution is 5.98. The molecule has 1 saturated carbocycles. The lowest BCUT2D eigenvalue weighted by Gasteiger charge is -2.25. The molecule has 1 fully saturated rings. The van der Waals surface area contributed by atoms with Crippen LogP contribution in [-0.4, -0.2) is 42.3 Å². The smallest absolute Gasteiger partial charge is 0.335 e. The minimum Gasteiger partial charge on any atom is -0.452 e. The van der Waals surface area contributed by atoms with E-state index >= 15 is 0 Å². The predicted octanol–water partition coefficient (Wildman–Crippen LogP) is 0.213. The van der Waals surface area contributed by atoms with Gasteiger partial charge in [0, 0.05) is 30.6 Å². The van der Waals surface area contributed by atoms with E-state index in [1.807, 2.05) is 0 Å². The van der Waals surface area contributed by atoms with E-state index in [9.17, 15) is 14.7 Å². The fourth-order valence-corrected chi connectivity index (χ4v) is 3.59. The van der Waals surface area contributed by atoms with Crippen molar-refractivity contribution in [3.63, 3.8) is 0 Å². The Bertz CT molecular complexity index is 450. The molecule has 0 bridgehead atoms. The summed E-state index contributed by atoms with van der Waals surface area (Å²) in [5.74, 6) is -0.568. The summed E-state index contributed by atoms with van der Waals surface area (Å²) in [6.45, 7) is 1.58. The lowest BCUT2D eigenvalue weighted by atomic mass is 9.92. The zero-order valence-electron chi connectivity index (χ0n) is 10.4. The summed E-state index contributed by atoms with van der Waals surface area (Å²) in [7, 11) is 1.53. The SMILES string of the molecule is CO[C@H]1C2=C(C(=O)O[C@@H]2[C@@H](C)O)[C@H]2CCC(=O)[C@H]21. The number of hydrogen-bond acceptors (Lipinski definition) is 5. The molecule has 0 unspecified atom stereocenters. The summed E-state index contributed by atoms with van der Waals surface area (Å²) in [5, 5.41) is 9.71. The van der Waals surface area contributed by atoms with Gasteiger partial charge in [-0.15, -0.1) is 0 Å². The average Bonchev–Trinajstić information content (AvgIpc) is 2.92. The second-order valence-electron chi connectivity index (χ2n) is 5.23. The van der Waals surface area contributed by atoms with Crippen molar-refractivity contribution in [2.24, 2.45) is 11.8 Å². The zero-order chi connectivity index (χ0) is 13.0. The van der Waals surface area contributed by atoms with Gasteiger partial charge in [-0.1, -0.05) is 0 Å². The Morgan fingerprint density at radius 3 is 2.78 bits per heavy atom. The van der Waals surface area contributed by atoms with Gasteiger partial charge in [-0.2, -0.15) is 0 Å². The molecule has 1 N–H and O–H groups in total. The van der Waals surface area contributed by atoms with Gasteiger partial charge in [0.2, 0.25) is 0 Å². The Hall–Kier alpha value is -1.20. The summed E-state index contributed by atoms with van der Waals surface area (Å²) in [6.07, 6.45) is -0.669. The maximum Gasteiger partial charge on any atom is 0.335 e. The number of aliphatic hydroxyl groups is 1. The third-order valence-electron chi connectivity index (χ3n) is 4.27. The fraction of sp³-hybridized carbons (Fsp3) is 0.692. The Morgan fingerprint density at radius 2 is 2.17 bits per heavy atom. The minimum absolute atomic E-state index is 0.0753. The van der Waals surface area contributed by atoms with Gasteiger partial charge >= 0.3 is 5.97 Å². The number of ketones is 1. The van der Waals surface area contributed by atoms with E-state index in [2.05, 4.69) is 0 Å². The van der Waals surface area contributed by atoms with Crippen LogP contribution in [-0.2, 0) is 19.1 Å². The molecule has 0 aromatic rings. The second-order valence-corrected chi connectivity index (χ2v) is 5.23. The molecule has 0 aromatic carbocycles.